The lowest BCUT2D eigenvalue weighted by Crippen LogP contribution is -2.44. The van der Waals surface area contributed by atoms with Gasteiger partial charge in [0.15, 0.2) is 11.5 Å². The summed E-state index contributed by atoms with van der Waals surface area (Å²) >= 11 is 0. The summed E-state index contributed by atoms with van der Waals surface area (Å²) in [5.74, 6) is 1.46. The Morgan fingerprint density at radius 2 is 1.97 bits per heavy atom. The van der Waals surface area contributed by atoms with Crippen molar-refractivity contribution in [3.05, 3.63) is 54.7 Å². The molecular formula is C21H23Cl2N5O2. The molecule has 7 nitrogen and oxygen atoms in total. The third-order valence-electron chi connectivity index (χ3n) is 5.19. The summed E-state index contributed by atoms with van der Waals surface area (Å²) in [4.78, 5) is 4.86. The summed E-state index contributed by atoms with van der Waals surface area (Å²) in [6.45, 7) is 0.961. The van der Waals surface area contributed by atoms with Gasteiger partial charge >= 0.3 is 0 Å². The van der Waals surface area contributed by atoms with E-state index in [0.717, 1.165) is 47.4 Å². The molecule has 0 amide bonds. The third kappa shape index (κ3) is 4.20. The second-order valence-corrected chi connectivity index (χ2v) is 7.07. The second-order valence-electron chi connectivity index (χ2n) is 7.07. The molecule has 3 aromatic heterocycles. The van der Waals surface area contributed by atoms with Crippen LogP contribution in [-0.2, 0) is 0 Å². The van der Waals surface area contributed by atoms with Crippen LogP contribution in [0.15, 0.2) is 54.7 Å². The van der Waals surface area contributed by atoms with Crippen LogP contribution in [0, 0.1) is 0 Å². The van der Waals surface area contributed by atoms with Crippen LogP contribution >= 0.6 is 24.8 Å². The van der Waals surface area contributed by atoms with E-state index in [9.17, 15) is 5.11 Å². The van der Waals surface area contributed by atoms with Gasteiger partial charge in [0.2, 0.25) is 0 Å². The predicted octanol–water partition coefficient (Wildman–Crippen LogP) is 3.28. The number of aromatic nitrogens is 4. The van der Waals surface area contributed by atoms with E-state index < -0.39 is 0 Å². The first-order valence-electron chi connectivity index (χ1n) is 9.52. The number of aliphatic hydroxyl groups excluding tert-OH is 1. The second kappa shape index (κ2) is 9.57. The van der Waals surface area contributed by atoms with Crippen molar-refractivity contribution in [3.63, 3.8) is 0 Å². The fourth-order valence-corrected chi connectivity index (χ4v) is 3.75. The van der Waals surface area contributed by atoms with Crippen molar-refractivity contribution in [3.8, 4) is 17.3 Å². The van der Waals surface area contributed by atoms with E-state index in [0.29, 0.717) is 5.82 Å². The molecule has 0 unspecified atom stereocenters. The maximum atomic E-state index is 9.43. The Bertz CT molecular complexity index is 1140. The Hall–Kier alpha value is -2.45. The van der Waals surface area contributed by atoms with E-state index in [4.69, 9.17) is 9.72 Å². The largest absolute Gasteiger partial charge is 0.488 e. The highest BCUT2D eigenvalue weighted by Gasteiger charge is 2.23. The number of hydrogen-bond donors (Lipinski definition) is 2. The van der Waals surface area contributed by atoms with Gasteiger partial charge in [-0.1, -0.05) is 24.3 Å². The maximum Gasteiger partial charge on any atom is 0.187 e. The first-order valence-corrected chi connectivity index (χ1v) is 9.52. The van der Waals surface area contributed by atoms with Crippen LogP contribution in [0.5, 0.6) is 5.75 Å². The number of aliphatic hydroxyl groups is 1. The normalized spacial score (nSPS) is 18.6. The molecule has 0 aliphatic carbocycles. The molecule has 1 aliphatic heterocycles. The van der Waals surface area contributed by atoms with Crippen LogP contribution in [0.4, 0.5) is 0 Å². The highest BCUT2D eigenvalue weighted by Crippen LogP contribution is 2.29. The Balaban J connectivity index is 0.00000128. The molecule has 0 radical (unpaired) electrons. The molecule has 1 fully saturated rings. The van der Waals surface area contributed by atoms with Crippen molar-refractivity contribution >= 4 is 41.4 Å². The smallest absolute Gasteiger partial charge is 0.187 e. The number of ether oxygens (including phenoxy) is 1. The summed E-state index contributed by atoms with van der Waals surface area (Å²) in [6, 6.07) is 15.8. The van der Waals surface area contributed by atoms with Gasteiger partial charge in [-0.05, 0) is 37.2 Å². The molecule has 1 saturated heterocycles. The van der Waals surface area contributed by atoms with E-state index in [2.05, 4.69) is 15.5 Å². The standard InChI is InChI=1S/C21H21N5O2.2ClH/c27-13-15-12-16(9-10-22-15)28-18-5-3-4-14-7-8-17(23-20(14)18)21-25-24-19-6-1-2-11-26(19)21;;/h1-8,11,15-16,22,27H,9-10,12-13H2;2*1H/t15-,16-;;/m0../s1. The molecular weight excluding hydrogens is 425 g/mol. The molecule has 9 heteroatoms. The van der Waals surface area contributed by atoms with Crippen LogP contribution in [0.3, 0.4) is 0 Å². The van der Waals surface area contributed by atoms with E-state index >= 15 is 0 Å². The summed E-state index contributed by atoms with van der Waals surface area (Å²) < 4.78 is 8.23. The first kappa shape index (κ1) is 22.2. The number of fused-ring (bicyclic) bond motifs is 2. The van der Waals surface area contributed by atoms with Crippen molar-refractivity contribution < 1.29 is 9.84 Å². The van der Waals surface area contributed by atoms with Gasteiger partial charge in [0.1, 0.15) is 23.1 Å². The van der Waals surface area contributed by atoms with Gasteiger partial charge in [-0.3, -0.25) is 4.40 Å². The van der Waals surface area contributed by atoms with Gasteiger partial charge in [0, 0.05) is 24.0 Å². The number of nitrogens with one attached hydrogen (secondary N) is 1. The van der Waals surface area contributed by atoms with Crippen LogP contribution in [0.25, 0.3) is 28.1 Å². The van der Waals surface area contributed by atoms with E-state index in [1.54, 1.807) is 0 Å². The van der Waals surface area contributed by atoms with Gasteiger partial charge < -0.3 is 15.2 Å². The molecule has 0 saturated carbocycles. The Kier molecular flexibility index (Phi) is 7.10. The lowest BCUT2D eigenvalue weighted by molar-refractivity contribution is 0.115. The van der Waals surface area contributed by atoms with Gasteiger partial charge in [0.25, 0.3) is 0 Å². The molecule has 30 heavy (non-hydrogen) atoms. The van der Waals surface area contributed by atoms with Gasteiger partial charge in [-0.15, -0.1) is 35.0 Å². The van der Waals surface area contributed by atoms with Crippen LogP contribution in [0.1, 0.15) is 12.8 Å². The van der Waals surface area contributed by atoms with E-state index in [-0.39, 0.29) is 43.6 Å². The number of nitrogens with zero attached hydrogens (tertiary/aromatic N) is 4. The van der Waals surface area contributed by atoms with Crippen molar-refractivity contribution in [2.45, 2.75) is 25.0 Å². The van der Waals surface area contributed by atoms with Gasteiger partial charge in [-0.2, -0.15) is 0 Å². The van der Waals surface area contributed by atoms with Crippen molar-refractivity contribution in [1.82, 2.24) is 24.9 Å². The minimum atomic E-state index is 0. The van der Waals surface area contributed by atoms with Crippen LogP contribution in [0.2, 0.25) is 0 Å². The Morgan fingerprint density at radius 3 is 2.83 bits per heavy atom. The van der Waals surface area contributed by atoms with Crippen LogP contribution < -0.4 is 10.1 Å². The lowest BCUT2D eigenvalue weighted by atomic mass is 10.0. The monoisotopic (exact) mass is 447 g/mol. The number of hydrogen-bond acceptors (Lipinski definition) is 6. The molecule has 158 valence electrons. The first-order chi connectivity index (χ1) is 13.8. The molecule has 1 aliphatic rings. The summed E-state index contributed by atoms with van der Waals surface area (Å²) in [5, 5.41) is 22.3. The predicted molar refractivity (Wildman–Crippen MR) is 121 cm³/mol. The van der Waals surface area contributed by atoms with Crippen LogP contribution in [-0.4, -0.2) is 50.0 Å². The van der Waals surface area contributed by atoms with E-state index in [1.807, 2.05) is 59.1 Å². The molecule has 2 atom stereocenters. The number of rotatable bonds is 4. The number of benzene rings is 1. The fourth-order valence-electron chi connectivity index (χ4n) is 3.75. The average molecular weight is 448 g/mol. The third-order valence-corrected chi connectivity index (χ3v) is 5.19. The zero-order valence-corrected chi connectivity index (χ0v) is 17.8. The minimum Gasteiger partial charge on any atom is -0.488 e. The molecule has 4 aromatic rings. The van der Waals surface area contributed by atoms with Gasteiger partial charge in [-0.25, -0.2) is 4.98 Å². The zero-order chi connectivity index (χ0) is 18.9. The zero-order valence-electron chi connectivity index (χ0n) is 16.1. The molecule has 1 aromatic carbocycles. The molecule has 5 rings (SSSR count). The van der Waals surface area contributed by atoms with Crippen molar-refractivity contribution in [1.29, 1.82) is 0 Å². The highest BCUT2D eigenvalue weighted by atomic mass is 35.5. The number of piperidine rings is 1. The average Bonchev–Trinajstić information content (AvgIpc) is 3.18. The van der Waals surface area contributed by atoms with Gasteiger partial charge in [0.05, 0.1) is 6.61 Å². The lowest BCUT2D eigenvalue weighted by Gasteiger charge is -2.29. The Morgan fingerprint density at radius 1 is 1.07 bits per heavy atom. The fraction of sp³-hybridized carbons (Fsp3) is 0.286. The molecule has 2 N–H and O–H groups in total. The SMILES string of the molecule is Cl.Cl.OC[C@@H]1C[C@@H](Oc2cccc3ccc(-c4nnc5ccccn45)nc23)CCN1. The summed E-state index contributed by atoms with van der Waals surface area (Å²) in [5.41, 5.74) is 2.35. The molecule has 0 spiro atoms. The quantitative estimate of drug-likeness (QED) is 0.499. The molecule has 0 bridgehead atoms. The topological polar surface area (TPSA) is 84.6 Å². The molecule has 4 heterocycles. The maximum absolute atomic E-state index is 9.43. The number of pyridine rings is 2. The summed E-state index contributed by atoms with van der Waals surface area (Å²) in [6.07, 6.45) is 3.68. The highest BCUT2D eigenvalue weighted by molar-refractivity contribution is 5.86. The Labute approximate surface area is 186 Å². The van der Waals surface area contributed by atoms with Crippen molar-refractivity contribution in [2.24, 2.45) is 0 Å². The van der Waals surface area contributed by atoms with Crippen molar-refractivity contribution in [2.75, 3.05) is 13.2 Å². The number of para-hydroxylation sites is 1. The summed E-state index contributed by atoms with van der Waals surface area (Å²) in [7, 11) is 0. The number of halogens is 2. The van der Waals surface area contributed by atoms with E-state index in [1.165, 1.54) is 0 Å². The minimum absolute atomic E-state index is 0.